The zero-order valence-corrected chi connectivity index (χ0v) is 18.2. The zero-order valence-electron chi connectivity index (χ0n) is 18.2. The van der Waals surface area contributed by atoms with Crippen molar-refractivity contribution in [2.24, 2.45) is 5.73 Å². The number of hydrogen-bond acceptors (Lipinski definition) is 6. The second-order valence-corrected chi connectivity index (χ2v) is 8.60. The molecule has 4 aromatic heterocycles. The van der Waals surface area contributed by atoms with E-state index in [1.165, 1.54) is 5.56 Å². The van der Waals surface area contributed by atoms with Gasteiger partial charge in [0.1, 0.15) is 11.3 Å². The Bertz CT molecular complexity index is 1350. The fourth-order valence-corrected chi connectivity index (χ4v) is 4.55. The molecule has 1 aliphatic heterocycles. The van der Waals surface area contributed by atoms with E-state index in [2.05, 4.69) is 28.1 Å². The number of likely N-dealkylation sites (tertiary alicyclic amines) is 1. The monoisotopic (exact) mass is 417 g/mol. The van der Waals surface area contributed by atoms with Gasteiger partial charge in [0.05, 0.1) is 28.8 Å². The summed E-state index contributed by atoms with van der Waals surface area (Å²) < 4.78 is 3.44. The summed E-state index contributed by atoms with van der Waals surface area (Å²) in [4.78, 5) is 24.7. The van der Waals surface area contributed by atoms with Crippen LogP contribution < -0.4 is 11.3 Å². The molecule has 0 aliphatic carbocycles. The van der Waals surface area contributed by atoms with Crippen molar-refractivity contribution < 1.29 is 0 Å². The number of piperidine rings is 1. The molecule has 0 bridgehead atoms. The maximum Gasteiger partial charge on any atom is 0.258 e. The highest BCUT2D eigenvalue weighted by atomic mass is 16.1. The lowest BCUT2D eigenvalue weighted by molar-refractivity contribution is 0.255. The van der Waals surface area contributed by atoms with Gasteiger partial charge < -0.3 is 10.6 Å². The Balaban J connectivity index is 1.60. The van der Waals surface area contributed by atoms with Crippen LogP contribution in [0.25, 0.3) is 22.6 Å². The fourth-order valence-electron chi connectivity index (χ4n) is 4.55. The van der Waals surface area contributed by atoms with E-state index in [4.69, 9.17) is 10.7 Å². The molecule has 1 aliphatic rings. The van der Waals surface area contributed by atoms with Gasteiger partial charge in [-0.05, 0) is 69.9 Å². The van der Waals surface area contributed by atoms with E-state index < -0.39 is 0 Å². The molecule has 0 unspecified atom stereocenters. The molecule has 0 amide bonds. The van der Waals surface area contributed by atoms with Crippen LogP contribution in [0.5, 0.6) is 0 Å². The zero-order chi connectivity index (χ0) is 21.7. The van der Waals surface area contributed by atoms with Crippen molar-refractivity contribution in [1.82, 2.24) is 28.9 Å². The van der Waals surface area contributed by atoms with Gasteiger partial charge >= 0.3 is 0 Å². The molecule has 0 saturated carbocycles. The molecule has 1 fully saturated rings. The molecule has 5 heterocycles. The standard InChI is InChI=1S/C23H27N7O/c1-14-8-17(16-4-6-28(3)7-5-16)13-29-22(31)10-18(26-23(14)29)19-9-21-20(11-24)25-15(2)12-30(21)27-19/h8-10,12-13,16H,4-7,11,24H2,1-3H3. The van der Waals surface area contributed by atoms with Gasteiger partial charge in [0, 0.05) is 18.8 Å². The average molecular weight is 418 g/mol. The van der Waals surface area contributed by atoms with Gasteiger partial charge in [-0.1, -0.05) is 6.07 Å². The Morgan fingerprint density at radius 3 is 2.58 bits per heavy atom. The Kier molecular flexibility index (Phi) is 4.83. The van der Waals surface area contributed by atoms with Crippen LogP contribution in [0.15, 0.2) is 35.4 Å². The molecule has 0 spiro atoms. The van der Waals surface area contributed by atoms with E-state index in [1.807, 2.05) is 32.3 Å². The van der Waals surface area contributed by atoms with Crippen molar-refractivity contribution in [3.05, 3.63) is 63.5 Å². The summed E-state index contributed by atoms with van der Waals surface area (Å²) in [7, 11) is 2.16. The Hall–Kier alpha value is -3.10. The van der Waals surface area contributed by atoms with Crippen molar-refractivity contribution in [2.45, 2.75) is 39.2 Å². The lowest BCUT2D eigenvalue weighted by Crippen LogP contribution is -2.29. The van der Waals surface area contributed by atoms with Gasteiger partial charge in [-0.25, -0.2) is 9.50 Å². The second-order valence-electron chi connectivity index (χ2n) is 8.60. The summed E-state index contributed by atoms with van der Waals surface area (Å²) >= 11 is 0. The van der Waals surface area contributed by atoms with Gasteiger partial charge in [0.2, 0.25) is 0 Å². The van der Waals surface area contributed by atoms with Crippen molar-refractivity contribution in [2.75, 3.05) is 20.1 Å². The highest BCUT2D eigenvalue weighted by Crippen LogP contribution is 2.29. The average Bonchev–Trinajstić information content (AvgIpc) is 3.18. The molecule has 4 aromatic rings. The van der Waals surface area contributed by atoms with Crippen LogP contribution in [0.3, 0.4) is 0 Å². The largest absolute Gasteiger partial charge is 0.325 e. The summed E-state index contributed by atoms with van der Waals surface area (Å²) in [5, 5.41) is 4.63. The predicted octanol–water partition coefficient (Wildman–Crippen LogP) is 2.29. The summed E-state index contributed by atoms with van der Waals surface area (Å²) in [5.74, 6) is 0.481. The van der Waals surface area contributed by atoms with E-state index in [0.717, 1.165) is 48.4 Å². The van der Waals surface area contributed by atoms with Crippen LogP contribution in [0.4, 0.5) is 0 Å². The number of fused-ring (bicyclic) bond motifs is 2. The maximum atomic E-state index is 13.1. The predicted molar refractivity (Wildman–Crippen MR) is 120 cm³/mol. The van der Waals surface area contributed by atoms with E-state index >= 15 is 0 Å². The number of nitrogens with two attached hydrogens (primary N) is 1. The van der Waals surface area contributed by atoms with Gasteiger partial charge in [0.25, 0.3) is 5.56 Å². The molecular weight excluding hydrogens is 390 g/mol. The second kappa shape index (κ2) is 7.55. The Labute approximate surface area is 180 Å². The van der Waals surface area contributed by atoms with Crippen LogP contribution in [0, 0.1) is 13.8 Å². The number of pyridine rings is 1. The number of nitrogens with zero attached hydrogens (tertiary/aromatic N) is 6. The molecule has 5 rings (SSSR count). The maximum absolute atomic E-state index is 13.1. The third kappa shape index (κ3) is 3.51. The summed E-state index contributed by atoms with van der Waals surface area (Å²) in [5.41, 5.74) is 12.3. The minimum atomic E-state index is -0.0942. The first-order valence-electron chi connectivity index (χ1n) is 10.7. The fraction of sp³-hybridized carbons (Fsp3) is 0.391. The van der Waals surface area contributed by atoms with Crippen LogP contribution in [0.2, 0.25) is 0 Å². The van der Waals surface area contributed by atoms with E-state index in [9.17, 15) is 4.79 Å². The first-order valence-corrected chi connectivity index (χ1v) is 10.7. The molecule has 1 saturated heterocycles. The normalized spacial score (nSPS) is 15.9. The van der Waals surface area contributed by atoms with Crippen molar-refractivity contribution in [3.8, 4) is 11.4 Å². The third-order valence-electron chi connectivity index (χ3n) is 6.26. The number of rotatable bonds is 3. The highest BCUT2D eigenvalue weighted by molar-refractivity contribution is 5.67. The number of aryl methyl sites for hydroxylation is 2. The number of hydrogen-bond donors (Lipinski definition) is 1. The summed E-state index contributed by atoms with van der Waals surface area (Å²) in [6.07, 6.45) is 6.05. The first kappa shape index (κ1) is 19.8. The summed E-state index contributed by atoms with van der Waals surface area (Å²) in [6.45, 7) is 6.42. The van der Waals surface area contributed by atoms with Crippen molar-refractivity contribution in [1.29, 1.82) is 0 Å². The van der Waals surface area contributed by atoms with Crippen molar-refractivity contribution >= 4 is 11.2 Å². The summed E-state index contributed by atoms with van der Waals surface area (Å²) in [6, 6.07) is 5.65. The van der Waals surface area contributed by atoms with Crippen molar-refractivity contribution in [3.63, 3.8) is 0 Å². The van der Waals surface area contributed by atoms with E-state index in [-0.39, 0.29) is 5.56 Å². The molecule has 8 nitrogen and oxygen atoms in total. The molecule has 8 heteroatoms. The molecule has 0 atom stereocenters. The van der Waals surface area contributed by atoms with E-state index in [0.29, 0.717) is 29.5 Å². The molecule has 0 radical (unpaired) electrons. The lowest BCUT2D eigenvalue weighted by Gasteiger charge is -2.29. The molecule has 0 aromatic carbocycles. The highest BCUT2D eigenvalue weighted by Gasteiger charge is 2.20. The minimum absolute atomic E-state index is 0.0942. The van der Waals surface area contributed by atoms with E-state index in [1.54, 1.807) is 15.0 Å². The van der Waals surface area contributed by atoms with Gasteiger partial charge in [-0.15, -0.1) is 0 Å². The minimum Gasteiger partial charge on any atom is -0.325 e. The quantitative estimate of drug-likeness (QED) is 0.550. The Morgan fingerprint density at radius 1 is 1.06 bits per heavy atom. The van der Waals surface area contributed by atoms with Gasteiger partial charge in [0.15, 0.2) is 0 Å². The van der Waals surface area contributed by atoms with Crippen LogP contribution >= 0.6 is 0 Å². The SMILES string of the molecule is Cc1cn2nc(-c3cc(=O)n4cc(C5CCN(C)CC5)cc(C)c4n3)cc2c(CN)n1. The topological polar surface area (TPSA) is 93.8 Å². The third-order valence-corrected chi connectivity index (χ3v) is 6.26. The van der Waals surface area contributed by atoms with Gasteiger partial charge in [-0.3, -0.25) is 14.2 Å². The molecule has 31 heavy (non-hydrogen) atoms. The Morgan fingerprint density at radius 2 is 1.84 bits per heavy atom. The molecule has 2 N–H and O–H groups in total. The first-order chi connectivity index (χ1) is 14.9. The molecule has 160 valence electrons. The van der Waals surface area contributed by atoms with Crippen LogP contribution in [-0.4, -0.2) is 49.0 Å². The smallest absolute Gasteiger partial charge is 0.258 e. The van der Waals surface area contributed by atoms with Crippen LogP contribution in [0.1, 0.15) is 41.3 Å². The van der Waals surface area contributed by atoms with Crippen LogP contribution in [-0.2, 0) is 6.54 Å². The number of aromatic nitrogens is 5. The van der Waals surface area contributed by atoms with Gasteiger partial charge in [-0.2, -0.15) is 5.10 Å². The molecular formula is C23H27N7O. The lowest BCUT2D eigenvalue weighted by atomic mass is 9.90.